The number of halogens is 1. The third-order valence-corrected chi connectivity index (χ3v) is 2.89. The minimum atomic E-state index is -1.14. The minimum absolute atomic E-state index is 0.0367. The van der Waals surface area contributed by atoms with Gasteiger partial charge in [-0.1, -0.05) is 19.4 Å². The Hall–Kier alpha value is -2.17. The van der Waals surface area contributed by atoms with E-state index in [2.05, 4.69) is 5.10 Å². The van der Waals surface area contributed by atoms with Crippen LogP contribution in [-0.2, 0) is 13.5 Å². The quantitative estimate of drug-likeness (QED) is 0.921. The van der Waals surface area contributed by atoms with Gasteiger partial charge >= 0.3 is 5.97 Å². The van der Waals surface area contributed by atoms with E-state index in [4.69, 9.17) is 0 Å². The van der Waals surface area contributed by atoms with Crippen LogP contribution in [0.5, 0.6) is 0 Å². The fraction of sp³-hybridized carbons (Fsp3) is 0.286. The lowest BCUT2D eigenvalue weighted by Gasteiger charge is -2.06. The van der Waals surface area contributed by atoms with E-state index in [0.717, 1.165) is 30.2 Å². The van der Waals surface area contributed by atoms with Crippen LogP contribution in [0.1, 0.15) is 29.4 Å². The lowest BCUT2D eigenvalue weighted by atomic mass is 9.98. The smallest absolute Gasteiger partial charge is 0.336 e. The van der Waals surface area contributed by atoms with E-state index in [1.165, 1.54) is 12.1 Å². The normalized spacial score (nSPS) is 10.7. The molecule has 0 saturated heterocycles. The number of hydrogen-bond acceptors (Lipinski definition) is 2. The van der Waals surface area contributed by atoms with Crippen molar-refractivity contribution in [1.82, 2.24) is 9.78 Å². The Morgan fingerprint density at radius 1 is 1.42 bits per heavy atom. The maximum atomic E-state index is 13.2. The highest BCUT2D eigenvalue weighted by Crippen LogP contribution is 2.28. The monoisotopic (exact) mass is 262 g/mol. The third-order valence-electron chi connectivity index (χ3n) is 2.89. The summed E-state index contributed by atoms with van der Waals surface area (Å²) in [6, 6.07) is 3.81. The Morgan fingerprint density at radius 2 is 2.16 bits per heavy atom. The highest BCUT2D eigenvalue weighted by Gasteiger charge is 2.17. The zero-order valence-corrected chi connectivity index (χ0v) is 10.9. The van der Waals surface area contributed by atoms with Crippen molar-refractivity contribution in [3.05, 3.63) is 41.5 Å². The van der Waals surface area contributed by atoms with Gasteiger partial charge in [-0.2, -0.15) is 5.10 Å². The Balaban J connectivity index is 2.61. The van der Waals surface area contributed by atoms with Crippen LogP contribution in [0, 0.1) is 5.82 Å². The first-order chi connectivity index (χ1) is 9.02. The first-order valence-corrected chi connectivity index (χ1v) is 6.08. The summed E-state index contributed by atoms with van der Waals surface area (Å²) in [5, 5.41) is 13.5. The number of carboxylic acids is 1. The molecule has 4 nitrogen and oxygen atoms in total. The molecule has 0 fully saturated rings. The first kappa shape index (κ1) is 13.3. The maximum absolute atomic E-state index is 13.2. The molecule has 2 rings (SSSR count). The largest absolute Gasteiger partial charge is 0.478 e. The Morgan fingerprint density at radius 3 is 2.79 bits per heavy atom. The van der Waals surface area contributed by atoms with E-state index in [1.54, 1.807) is 17.9 Å². The number of carbonyl (C=O) groups is 1. The van der Waals surface area contributed by atoms with Gasteiger partial charge in [0.05, 0.1) is 11.3 Å². The molecule has 0 saturated carbocycles. The van der Waals surface area contributed by atoms with Gasteiger partial charge in [-0.15, -0.1) is 0 Å². The predicted molar refractivity (Wildman–Crippen MR) is 69.6 cm³/mol. The second-order valence-electron chi connectivity index (χ2n) is 4.41. The van der Waals surface area contributed by atoms with Gasteiger partial charge in [-0.05, 0) is 24.1 Å². The van der Waals surface area contributed by atoms with E-state index in [-0.39, 0.29) is 5.56 Å². The van der Waals surface area contributed by atoms with Crippen LogP contribution in [0.15, 0.2) is 24.4 Å². The lowest BCUT2D eigenvalue weighted by molar-refractivity contribution is 0.0697. The highest BCUT2D eigenvalue weighted by atomic mass is 19.1. The van der Waals surface area contributed by atoms with Gasteiger partial charge in [-0.25, -0.2) is 9.18 Å². The molecule has 1 aromatic carbocycles. The number of aryl methyl sites for hydroxylation is 2. The van der Waals surface area contributed by atoms with Crippen molar-refractivity contribution in [1.29, 1.82) is 0 Å². The van der Waals surface area contributed by atoms with Crippen LogP contribution in [-0.4, -0.2) is 20.9 Å². The number of benzene rings is 1. The second kappa shape index (κ2) is 5.22. The molecule has 0 aliphatic rings. The summed E-state index contributed by atoms with van der Waals surface area (Å²) in [6.07, 6.45) is 3.44. The number of nitrogens with zero attached hydrogens (tertiary/aromatic N) is 2. The van der Waals surface area contributed by atoms with Crippen molar-refractivity contribution < 1.29 is 14.3 Å². The van der Waals surface area contributed by atoms with Crippen molar-refractivity contribution in [2.75, 3.05) is 0 Å². The van der Waals surface area contributed by atoms with Crippen LogP contribution >= 0.6 is 0 Å². The molecule has 1 N–H and O–H groups in total. The van der Waals surface area contributed by atoms with E-state index in [9.17, 15) is 14.3 Å². The number of hydrogen-bond donors (Lipinski definition) is 1. The Bertz CT molecular complexity index is 620. The van der Waals surface area contributed by atoms with Crippen LogP contribution < -0.4 is 0 Å². The number of aromatic nitrogens is 2. The third kappa shape index (κ3) is 2.65. The molecule has 5 heteroatoms. The van der Waals surface area contributed by atoms with Gasteiger partial charge in [0.25, 0.3) is 0 Å². The molecule has 2 aromatic rings. The van der Waals surface area contributed by atoms with Gasteiger partial charge in [0.15, 0.2) is 0 Å². The van der Waals surface area contributed by atoms with E-state index < -0.39 is 11.8 Å². The number of rotatable bonds is 4. The van der Waals surface area contributed by atoms with Gasteiger partial charge in [0.2, 0.25) is 0 Å². The van der Waals surface area contributed by atoms with Crippen LogP contribution in [0.25, 0.3) is 11.1 Å². The first-order valence-electron chi connectivity index (χ1n) is 6.08. The summed E-state index contributed by atoms with van der Waals surface area (Å²) in [5.74, 6) is -1.69. The molecule has 0 bridgehead atoms. The molecule has 19 heavy (non-hydrogen) atoms. The molecule has 0 amide bonds. The summed E-state index contributed by atoms with van der Waals surface area (Å²) in [7, 11) is 1.78. The summed E-state index contributed by atoms with van der Waals surface area (Å²) in [4.78, 5) is 11.2. The van der Waals surface area contributed by atoms with Crippen molar-refractivity contribution in [2.24, 2.45) is 7.05 Å². The van der Waals surface area contributed by atoms with Crippen LogP contribution in [0.3, 0.4) is 0 Å². The zero-order chi connectivity index (χ0) is 14.0. The van der Waals surface area contributed by atoms with E-state index in [1.807, 2.05) is 6.92 Å². The molecular formula is C14H15FN2O2. The van der Waals surface area contributed by atoms with E-state index in [0.29, 0.717) is 5.56 Å². The van der Waals surface area contributed by atoms with Gasteiger partial charge < -0.3 is 5.11 Å². The number of carboxylic acid groups (broad SMARTS) is 1. The van der Waals surface area contributed by atoms with Crippen molar-refractivity contribution in [3.63, 3.8) is 0 Å². The Labute approximate surface area is 110 Å². The fourth-order valence-corrected chi connectivity index (χ4v) is 2.11. The second-order valence-corrected chi connectivity index (χ2v) is 4.41. The average Bonchev–Trinajstić information content (AvgIpc) is 2.70. The summed E-state index contributed by atoms with van der Waals surface area (Å²) in [5.41, 5.74) is 2.05. The summed E-state index contributed by atoms with van der Waals surface area (Å²) in [6.45, 7) is 2.03. The Kier molecular flexibility index (Phi) is 3.64. The average molecular weight is 262 g/mol. The SMILES string of the molecule is CCCc1nn(C)cc1-c1ccc(F)cc1C(=O)O. The molecule has 0 spiro atoms. The molecule has 0 aliphatic heterocycles. The molecule has 0 unspecified atom stereocenters. The van der Waals surface area contributed by atoms with Gasteiger partial charge in [-0.3, -0.25) is 4.68 Å². The maximum Gasteiger partial charge on any atom is 0.336 e. The topological polar surface area (TPSA) is 55.1 Å². The lowest BCUT2D eigenvalue weighted by Crippen LogP contribution is -2.01. The molecule has 0 radical (unpaired) electrons. The number of aromatic carboxylic acids is 1. The molecular weight excluding hydrogens is 247 g/mol. The fourth-order valence-electron chi connectivity index (χ4n) is 2.11. The molecule has 1 aromatic heterocycles. The predicted octanol–water partition coefficient (Wildman–Crippen LogP) is 2.88. The van der Waals surface area contributed by atoms with Gasteiger partial charge in [0.1, 0.15) is 5.82 Å². The van der Waals surface area contributed by atoms with Crippen molar-refractivity contribution in [2.45, 2.75) is 19.8 Å². The standard InChI is InChI=1S/C14H15FN2O2/c1-3-4-13-12(8-17(2)16-13)10-6-5-9(15)7-11(10)14(18)19/h5-8H,3-4H2,1-2H3,(H,18,19). The molecule has 1 heterocycles. The highest BCUT2D eigenvalue weighted by molar-refractivity contribution is 5.96. The molecule has 0 atom stereocenters. The summed E-state index contributed by atoms with van der Waals surface area (Å²) < 4.78 is 14.8. The molecule has 0 aliphatic carbocycles. The molecule has 100 valence electrons. The van der Waals surface area contributed by atoms with Crippen molar-refractivity contribution in [3.8, 4) is 11.1 Å². The van der Waals surface area contributed by atoms with Gasteiger partial charge in [0, 0.05) is 18.8 Å². The van der Waals surface area contributed by atoms with Crippen LogP contribution in [0.2, 0.25) is 0 Å². The van der Waals surface area contributed by atoms with Crippen LogP contribution in [0.4, 0.5) is 4.39 Å². The summed E-state index contributed by atoms with van der Waals surface area (Å²) >= 11 is 0. The minimum Gasteiger partial charge on any atom is -0.478 e. The van der Waals surface area contributed by atoms with Crippen molar-refractivity contribution >= 4 is 5.97 Å². The van der Waals surface area contributed by atoms with E-state index >= 15 is 0 Å². The zero-order valence-electron chi connectivity index (χ0n) is 10.9.